The number of nitrogens with zero attached hydrogens (tertiary/aromatic N) is 2. The van der Waals surface area contributed by atoms with Gasteiger partial charge in [0.2, 0.25) is 0 Å². The summed E-state index contributed by atoms with van der Waals surface area (Å²) in [7, 11) is 0. The summed E-state index contributed by atoms with van der Waals surface area (Å²) in [6.07, 6.45) is 5.22. The van der Waals surface area contributed by atoms with Crippen molar-refractivity contribution < 1.29 is 18.3 Å². The number of hydrogen-bond donors (Lipinski definition) is 1. The number of carbonyl (C=O) groups is 1. The molecule has 2 amide bonds. The third-order valence-corrected chi connectivity index (χ3v) is 5.39. The number of halogens is 2. The van der Waals surface area contributed by atoms with Gasteiger partial charge >= 0.3 is 12.6 Å². The fraction of sp³-hybridized carbons (Fsp3) is 0.632. The average Bonchev–Trinajstić information content (AvgIpc) is 3.16. The molecule has 3 rings (SSSR count). The Hall–Kier alpha value is -1.89. The molecule has 1 saturated carbocycles. The van der Waals surface area contributed by atoms with Crippen LogP contribution in [0.2, 0.25) is 0 Å². The minimum atomic E-state index is -2.83. The van der Waals surface area contributed by atoms with Crippen molar-refractivity contribution in [1.82, 2.24) is 15.1 Å². The van der Waals surface area contributed by atoms with Crippen molar-refractivity contribution in [3.05, 3.63) is 29.8 Å². The predicted octanol–water partition coefficient (Wildman–Crippen LogP) is 3.62. The van der Waals surface area contributed by atoms with Gasteiger partial charge in [-0.05, 0) is 37.5 Å². The van der Waals surface area contributed by atoms with Crippen LogP contribution >= 0.6 is 0 Å². The van der Waals surface area contributed by atoms with Crippen LogP contribution in [0.5, 0.6) is 5.75 Å². The number of nitrogens with one attached hydrogen (secondary N) is 1. The molecular formula is C19H27F2N3O2. The minimum Gasteiger partial charge on any atom is -0.435 e. The number of carbonyl (C=O) groups excluding carboxylic acids is 1. The molecule has 2 aliphatic rings. The lowest BCUT2D eigenvalue weighted by Gasteiger charge is -2.38. The molecule has 7 heteroatoms. The van der Waals surface area contributed by atoms with E-state index in [1.54, 1.807) is 12.1 Å². The summed E-state index contributed by atoms with van der Waals surface area (Å²) in [5, 5.41) is 2.99. The number of benzene rings is 1. The Morgan fingerprint density at radius 1 is 1.12 bits per heavy atom. The van der Waals surface area contributed by atoms with Crippen molar-refractivity contribution in [3.63, 3.8) is 0 Å². The number of ether oxygens (including phenoxy) is 1. The minimum absolute atomic E-state index is 0.0727. The molecule has 1 N–H and O–H groups in total. The summed E-state index contributed by atoms with van der Waals surface area (Å²) in [5.41, 5.74) is 0.851. The molecule has 1 aromatic rings. The number of amides is 2. The van der Waals surface area contributed by atoms with Crippen LogP contribution in [-0.4, -0.2) is 54.7 Å². The lowest BCUT2D eigenvalue weighted by atomic mass is 10.1. The van der Waals surface area contributed by atoms with Gasteiger partial charge in [-0.3, -0.25) is 4.90 Å². The molecule has 0 spiro atoms. The maximum Gasteiger partial charge on any atom is 0.387 e. The van der Waals surface area contributed by atoms with E-state index in [1.807, 2.05) is 11.8 Å². The lowest BCUT2D eigenvalue weighted by molar-refractivity contribution is -0.0498. The Morgan fingerprint density at radius 2 is 1.73 bits per heavy atom. The van der Waals surface area contributed by atoms with E-state index in [0.29, 0.717) is 6.04 Å². The SMILES string of the molecule is CC(NC(=O)N1CCN(C2CCCC2)CC1)c1ccc(OC(F)F)cc1. The molecule has 1 aliphatic carbocycles. The van der Waals surface area contributed by atoms with E-state index in [0.717, 1.165) is 31.7 Å². The monoisotopic (exact) mass is 367 g/mol. The first kappa shape index (κ1) is 18.9. The smallest absolute Gasteiger partial charge is 0.387 e. The maximum atomic E-state index is 12.5. The second-order valence-electron chi connectivity index (χ2n) is 7.08. The number of hydrogen-bond acceptors (Lipinski definition) is 3. The zero-order valence-electron chi connectivity index (χ0n) is 15.2. The molecule has 1 saturated heterocycles. The number of piperazine rings is 1. The van der Waals surface area contributed by atoms with Crippen molar-refractivity contribution in [3.8, 4) is 5.75 Å². The predicted molar refractivity (Wildman–Crippen MR) is 95.4 cm³/mol. The van der Waals surface area contributed by atoms with Gasteiger partial charge in [0.25, 0.3) is 0 Å². The maximum absolute atomic E-state index is 12.5. The second-order valence-corrected chi connectivity index (χ2v) is 7.08. The highest BCUT2D eigenvalue weighted by Gasteiger charge is 2.28. The third kappa shape index (κ3) is 4.84. The van der Waals surface area contributed by atoms with E-state index < -0.39 is 6.61 Å². The van der Waals surface area contributed by atoms with Crippen LogP contribution in [0.1, 0.15) is 44.2 Å². The van der Waals surface area contributed by atoms with E-state index in [2.05, 4.69) is 15.0 Å². The van der Waals surface area contributed by atoms with Gasteiger partial charge < -0.3 is 15.0 Å². The van der Waals surface area contributed by atoms with E-state index in [-0.39, 0.29) is 17.8 Å². The Balaban J connectivity index is 1.46. The van der Waals surface area contributed by atoms with Crippen molar-refractivity contribution in [2.24, 2.45) is 0 Å². The van der Waals surface area contributed by atoms with Crippen molar-refractivity contribution in [2.75, 3.05) is 26.2 Å². The number of alkyl halides is 2. The molecule has 26 heavy (non-hydrogen) atoms. The van der Waals surface area contributed by atoms with Gasteiger partial charge in [-0.1, -0.05) is 25.0 Å². The topological polar surface area (TPSA) is 44.8 Å². The van der Waals surface area contributed by atoms with Gasteiger partial charge in [-0.15, -0.1) is 0 Å². The summed E-state index contributed by atoms with van der Waals surface area (Å²) in [4.78, 5) is 16.9. The van der Waals surface area contributed by atoms with E-state index in [1.165, 1.54) is 37.8 Å². The summed E-state index contributed by atoms with van der Waals surface area (Å²) >= 11 is 0. The first-order chi connectivity index (χ1) is 12.5. The second kappa shape index (κ2) is 8.66. The molecule has 1 aliphatic heterocycles. The van der Waals surface area contributed by atoms with Crippen LogP contribution in [-0.2, 0) is 0 Å². The molecule has 1 unspecified atom stereocenters. The molecule has 144 valence electrons. The van der Waals surface area contributed by atoms with Crippen LogP contribution in [0.25, 0.3) is 0 Å². The zero-order valence-corrected chi connectivity index (χ0v) is 15.2. The van der Waals surface area contributed by atoms with Crippen LogP contribution in [0.3, 0.4) is 0 Å². The highest BCUT2D eigenvalue weighted by atomic mass is 19.3. The Bertz CT molecular complexity index is 583. The van der Waals surface area contributed by atoms with Gasteiger partial charge in [0.15, 0.2) is 0 Å². The van der Waals surface area contributed by atoms with E-state index in [4.69, 9.17) is 0 Å². The van der Waals surface area contributed by atoms with Crippen LogP contribution in [0.4, 0.5) is 13.6 Å². The van der Waals surface area contributed by atoms with Crippen molar-refractivity contribution in [1.29, 1.82) is 0 Å². The van der Waals surface area contributed by atoms with Crippen LogP contribution in [0, 0.1) is 0 Å². The summed E-state index contributed by atoms with van der Waals surface area (Å²) in [6.45, 7) is 2.42. The molecule has 0 radical (unpaired) electrons. The fourth-order valence-corrected chi connectivity index (χ4v) is 3.86. The van der Waals surface area contributed by atoms with Gasteiger partial charge in [0.1, 0.15) is 5.75 Å². The van der Waals surface area contributed by atoms with Gasteiger partial charge in [0.05, 0.1) is 6.04 Å². The fourth-order valence-electron chi connectivity index (χ4n) is 3.86. The highest BCUT2D eigenvalue weighted by Crippen LogP contribution is 2.24. The van der Waals surface area contributed by atoms with Gasteiger partial charge in [0, 0.05) is 32.2 Å². The van der Waals surface area contributed by atoms with Gasteiger partial charge in [-0.25, -0.2) is 4.79 Å². The Morgan fingerprint density at radius 3 is 2.31 bits per heavy atom. The molecule has 1 atom stereocenters. The average molecular weight is 367 g/mol. The Kier molecular flexibility index (Phi) is 6.29. The highest BCUT2D eigenvalue weighted by molar-refractivity contribution is 5.74. The lowest BCUT2D eigenvalue weighted by Crippen LogP contribution is -2.54. The first-order valence-electron chi connectivity index (χ1n) is 9.37. The van der Waals surface area contributed by atoms with Crippen molar-refractivity contribution >= 4 is 6.03 Å². The first-order valence-corrected chi connectivity index (χ1v) is 9.37. The molecular weight excluding hydrogens is 340 g/mol. The summed E-state index contributed by atoms with van der Waals surface area (Å²) in [6, 6.07) is 6.80. The number of urea groups is 1. The molecule has 0 bridgehead atoms. The molecule has 0 aromatic heterocycles. The van der Waals surface area contributed by atoms with Crippen molar-refractivity contribution in [2.45, 2.75) is 51.3 Å². The van der Waals surface area contributed by atoms with E-state index in [9.17, 15) is 13.6 Å². The Labute approximate surface area is 153 Å². The largest absolute Gasteiger partial charge is 0.435 e. The molecule has 2 fully saturated rings. The van der Waals surface area contributed by atoms with Crippen LogP contribution in [0.15, 0.2) is 24.3 Å². The quantitative estimate of drug-likeness (QED) is 0.865. The zero-order chi connectivity index (χ0) is 18.5. The van der Waals surface area contributed by atoms with Crippen LogP contribution < -0.4 is 10.1 Å². The van der Waals surface area contributed by atoms with Gasteiger partial charge in [-0.2, -0.15) is 8.78 Å². The summed E-state index contributed by atoms with van der Waals surface area (Å²) in [5.74, 6) is 0.116. The standard InChI is InChI=1S/C19H27F2N3O2/c1-14(15-6-8-17(9-7-15)26-18(20)21)22-19(25)24-12-10-23(11-13-24)16-4-2-3-5-16/h6-9,14,16,18H,2-5,10-13H2,1H3,(H,22,25). The summed E-state index contributed by atoms with van der Waals surface area (Å²) < 4.78 is 28.7. The molecule has 5 nitrogen and oxygen atoms in total. The third-order valence-electron chi connectivity index (χ3n) is 5.39. The number of rotatable bonds is 5. The normalized spacial score (nSPS) is 20.4. The molecule has 1 heterocycles. The molecule has 1 aromatic carbocycles. The van der Waals surface area contributed by atoms with E-state index >= 15 is 0 Å².